The van der Waals surface area contributed by atoms with E-state index >= 15 is 0 Å². The first-order valence-corrected chi connectivity index (χ1v) is 26.9. The molecule has 382 valence electrons. The molecule has 5 atom stereocenters. The SMILES string of the molecule is CCOc1cc([C@@H](CS(C)(=O)=O)N2C(=O)c3cccc(C(CCCCCCCC(=O)N[C@H](C(=O)N4C[C@H](O)C[C@H]4C(=O)NCc4ccc(-c5scnc5C)cc4)C(C)(C)C)C(N)=O)c3C2=O)ccc1OC. The number of nitrogens with two attached hydrogens (primary N) is 1. The third kappa shape index (κ3) is 13.2. The number of sulfone groups is 1. The number of aliphatic hydroxyl groups is 1. The predicted molar refractivity (Wildman–Crippen MR) is 269 cm³/mol. The number of likely N-dealkylation sites (tertiary alicyclic amines) is 1. The summed E-state index contributed by atoms with van der Waals surface area (Å²) in [5.41, 5.74) is 10.6. The van der Waals surface area contributed by atoms with E-state index in [1.807, 2.05) is 52.0 Å². The Morgan fingerprint density at radius 3 is 2.31 bits per heavy atom. The Morgan fingerprint density at radius 2 is 1.68 bits per heavy atom. The maximum atomic E-state index is 14.3. The minimum Gasteiger partial charge on any atom is -0.493 e. The summed E-state index contributed by atoms with van der Waals surface area (Å²) in [5, 5.41) is 16.5. The van der Waals surface area contributed by atoms with E-state index in [-0.39, 0.29) is 67.5 Å². The lowest BCUT2D eigenvalue weighted by Gasteiger charge is -2.35. The van der Waals surface area contributed by atoms with Gasteiger partial charge in [-0.15, -0.1) is 11.3 Å². The Kier molecular flexibility index (Phi) is 17.8. The molecule has 19 heteroatoms. The lowest BCUT2D eigenvalue weighted by molar-refractivity contribution is -0.144. The number of carbonyl (C=O) groups excluding carboxylic acids is 6. The Bertz CT molecular complexity index is 2720. The van der Waals surface area contributed by atoms with Crippen LogP contribution in [0.15, 0.2) is 66.2 Å². The van der Waals surface area contributed by atoms with Crippen LogP contribution in [-0.2, 0) is 35.6 Å². The molecular formula is C52H66N6O11S2. The van der Waals surface area contributed by atoms with Crippen molar-refractivity contribution < 1.29 is 51.8 Å². The van der Waals surface area contributed by atoms with Gasteiger partial charge in [-0.1, -0.05) is 88.9 Å². The molecule has 6 rings (SSSR count). The number of ether oxygens (including phenoxy) is 2. The molecule has 0 bridgehead atoms. The molecule has 5 N–H and O–H groups in total. The van der Waals surface area contributed by atoms with Crippen LogP contribution in [0.25, 0.3) is 10.4 Å². The van der Waals surface area contributed by atoms with Gasteiger partial charge in [-0.05, 0) is 72.6 Å². The van der Waals surface area contributed by atoms with Crippen LogP contribution in [0.2, 0.25) is 0 Å². The number of primary amides is 1. The maximum Gasteiger partial charge on any atom is 0.262 e. The number of unbranched alkanes of at least 4 members (excludes halogenated alkanes) is 4. The number of nitrogens with one attached hydrogen (secondary N) is 2. The number of fused-ring (bicyclic) bond motifs is 1. The van der Waals surface area contributed by atoms with Crippen LogP contribution >= 0.6 is 11.3 Å². The van der Waals surface area contributed by atoms with Gasteiger partial charge in [0.05, 0.1) is 64.7 Å². The van der Waals surface area contributed by atoms with Gasteiger partial charge in [0.15, 0.2) is 11.5 Å². The Hall–Kier alpha value is -6.18. The third-order valence-corrected chi connectivity index (χ3v) is 14.8. The minimum atomic E-state index is -3.74. The zero-order valence-electron chi connectivity index (χ0n) is 41.5. The molecule has 1 fully saturated rings. The second-order valence-corrected chi connectivity index (χ2v) is 22.4. The number of carbonyl (C=O) groups is 6. The summed E-state index contributed by atoms with van der Waals surface area (Å²) in [7, 11) is -2.28. The van der Waals surface area contributed by atoms with Gasteiger partial charge < -0.3 is 35.8 Å². The highest BCUT2D eigenvalue weighted by atomic mass is 32.2. The second kappa shape index (κ2) is 23.4. The van der Waals surface area contributed by atoms with Crippen molar-refractivity contribution in [3.63, 3.8) is 0 Å². The van der Waals surface area contributed by atoms with E-state index in [4.69, 9.17) is 15.2 Å². The number of aromatic nitrogens is 1. The van der Waals surface area contributed by atoms with Crippen LogP contribution in [0, 0.1) is 12.3 Å². The largest absolute Gasteiger partial charge is 0.493 e. The van der Waals surface area contributed by atoms with Crippen LogP contribution < -0.4 is 25.8 Å². The number of hydrogen-bond donors (Lipinski definition) is 4. The molecule has 1 aromatic heterocycles. The number of nitrogens with zero attached hydrogens (tertiary/aromatic N) is 3. The first-order chi connectivity index (χ1) is 33.6. The molecule has 1 unspecified atom stereocenters. The number of thiazole rings is 1. The molecule has 2 aliphatic heterocycles. The molecule has 0 radical (unpaired) electrons. The van der Waals surface area contributed by atoms with Crippen molar-refractivity contribution in [1.29, 1.82) is 0 Å². The van der Waals surface area contributed by atoms with Gasteiger partial charge in [0.2, 0.25) is 23.6 Å². The average molecular weight is 1020 g/mol. The van der Waals surface area contributed by atoms with Crippen molar-refractivity contribution in [3.05, 3.63) is 99.7 Å². The van der Waals surface area contributed by atoms with Crippen LogP contribution in [0.3, 0.4) is 0 Å². The maximum absolute atomic E-state index is 14.3. The number of rotatable bonds is 23. The van der Waals surface area contributed by atoms with Crippen LogP contribution in [-0.4, -0.2) is 114 Å². The van der Waals surface area contributed by atoms with Crippen LogP contribution in [0.4, 0.5) is 0 Å². The number of aliphatic hydroxyl groups excluding tert-OH is 1. The Labute approximate surface area is 419 Å². The summed E-state index contributed by atoms with van der Waals surface area (Å²) in [5.74, 6) is -4.04. The van der Waals surface area contributed by atoms with Gasteiger partial charge in [-0.3, -0.25) is 33.7 Å². The molecule has 4 aromatic rings. The number of methoxy groups -OCH3 is 1. The summed E-state index contributed by atoms with van der Waals surface area (Å²) in [6, 6.07) is 14.1. The molecule has 1 saturated heterocycles. The molecule has 3 heterocycles. The summed E-state index contributed by atoms with van der Waals surface area (Å²) in [6.07, 6.45) is 3.70. The second-order valence-electron chi connectivity index (χ2n) is 19.4. The van der Waals surface area contributed by atoms with Crippen LogP contribution in [0.1, 0.15) is 134 Å². The standard InChI is InChI=1S/C52H66N6O11S2/c1-8-69-42-25-34(23-24-41(42)68-6)40(29-71(7,66)67)58-49(63)38-17-14-16-36(44(38)50(58)64)37(47(53)61)15-12-10-9-11-13-18-43(60)56-46(52(3,4)5)51(65)57-28-35(59)26-39(57)48(62)54-27-32-19-21-33(22-20-32)45-31(2)55-30-70-45/h14,16-17,19-25,30,35,37,39-40,46,59H,8-13,15,18,26-29H2,1-7H3,(H2,53,61)(H,54,62)(H,56,60)/t35-,37?,39+,40-,46-/m1/s1. The van der Waals surface area contributed by atoms with Gasteiger partial charge in [0, 0.05) is 32.2 Å². The molecule has 0 aliphatic carbocycles. The van der Waals surface area contributed by atoms with Crippen molar-refractivity contribution >= 4 is 56.6 Å². The van der Waals surface area contributed by atoms with E-state index in [0.29, 0.717) is 49.2 Å². The highest BCUT2D eigenvalue weighted by Gasteiger charge is 2.46. The Balaban J connectivity index is 1.01. The lowest BCUT2D eigenvalue weighted by atomic mass is 9.85. The average Bonchev–Trinajstić information content (AvgIpc) is 4.01. The fourth-order valence-corrected chi connectivity index (χ4v) is 11.0. The number of hydrogen-bond acceptors (Lipinski definition) is 13. The summed E-state index contributed by atoms with van der Waals surface area (Å²) in [4.78, 5) is 90.0. The molecule has 0 saturated carbocycles. The third-order valence-electron chi connectivity index (χ3n) is 13.0. The monoisotopic (exact) mass is 1010 g/mol. The zero-order valence-corrected chi connectivity index (χ0v) is 43.1. The van der Waals surface area contributed by atoms with E-state index < -0.39 is 74.8 Å². The zero-order chi connectivity index (χ0) is 51.8. The van der Waals surface area contributed by atoms with E-state index in [0.717, 1.165) is 32.9 Å². The fraction of sp³-hybridized carbons (Fsp3) is 0.481. The van der Waals surface area contributed by atoms with E-state index in [9.17, 15) is 42.3 Å². The van der Waals surface area contributed by atoms with E-state index in [1.54, 1.807) is 54.1 Å². The van der Waals surface area contributed by atoms with Crippen molar-refractivity contribution in [2.45, 2.75) is 123 Å². The number of aryl methyl sites for hydroxylation is 1. The lowest BCUT2D eigenvalue weighted by Crippen LogP contribution is -2.57. The highest BCUT2D eigenvalue weighted by Crippen LogP contribution is 2.40. The molecule has 2 aliphatic rings. The quantitative estimate of drug-likeness (QED) is 0.0493. The Morgan fingerprint density at radius 1 is 0.972 bits per heavy atom. The number of amides is 6. The topological polar surface area (TPSA) is 245 Å². The molecule has 6 amide bonds. The molecule has 3 aromatic carbocycles. The van der Waals surface area contributed by atoms with Crippen molar-refractivity contribution in [3.8, 4) is 21.9 Å². The van der Waals surface area contributed by atoms with Gasteiger partial charge >= 0.3 is 0 Å². The molecule has 17 nitrogen and oxygen atoms in total. The summed E-state index contributed by atoms with van der Waals surface area (Å²) in [6.45, 7) is 9.70. The van der Waals surface area contributed by atoms with Gasteiger partial charge in [-0.2, -0.15) is 0 Å². The van der Waals surface area contributed by atoms with Crippen LogP contribution in [0.5, 0.6) is 11.5 Å². The number of imide groups is 1. The normalized spacial score (nSPS) is 17.1. The number of benzene rings is 3. The van der Waals surface area contributed by atoms with Gasteiger partial charge in [0.1, 0.15) is 21.9 Å². The minimum absolute atomic E-state index is 0.0105. The predicted octanol–water partition coefficient (Wildman–Crippen LogP) is 6.02. The van der Waals surface area contributed by atoms with Crippen molar-refractivity contribution in [2.75, 3.05) is 32.3 Å². The van der Waals surface area contributed by atoms with Crippen molar-refractivity contribution in [1.82, 2.24) is 25.4 Å². The van der Waals surface area contributed by atoms with Gasteiger partial charge in [0.25, 0.3) is 11.8 Å². The first kappa shape index (κ1) is 54.2. The summed E-state index contributed by atoms with van der Waals surface area (Å²) >= 11 is 1.56. The summed E-state index contributed by atoms with van der Waals surface area (Å²) < 4.78 is 36.6. The number of β-amino-alcohol motifs (C(OH)–C–C–N with tert-alkyl or cyclic N) is 1. The van der Waals surface area contributed by atoms with Crippen molar-refractivity contribution in [2.24, 2.45) is 11.1 Å². The van der Waals surface area contributed by atoms with Gasteiger partial charge in [-0.25, -0.2) is 13.4 Å². The smallest absolute Gasteiger partial charge is 0.262 e. The fourth-order valence-electron chi connectivity index (χ4n) is 9.31. The molecule has 0 spiro atoms. The first-order valence-electron chi connectivity index (χ1n) is 24.0. The van der Waals surface area contributed by atoms with E-state index in [2.05, 4.69) is 15.6 Å². The van der Waals surface area contributed by atoms with E-state index in [1.165, 1.54) is 18.1 Å². The highest BCUT2D eigenvalue weighted by molar-refractivity contribution is 7.90. The molecular weight excluding hydrogens is 949 g/mol. The molecule has 71 heavy (non-hydrogen) atoms.